The minimum atomic E-state index is 0.711. The minimum Gasteiger partial charge on any atom is -0.496 e. The van der Waals surface area contributed by atoms with Crippen molar-refractivity contribution in [1.29, 1.82) is 5.26 Å². The molecular weight excluding hydrogens is 340 g/mol. The number of halogens is 1. The highest BCUT2D eigenvalue weighted by Gasteiger charge is 2.11. The van der Waals surface area contributed by atoms with Crippen LogP contribution in [0.4, 0.5) is 0 Å². The quantitative estimate of drug-likeness (QED) is 0.686. The molecule has 0 aliphatic rings. The minimum absolute atomic E-state index is 0.711. The molecule has 1 heterocycles. The van der Waals surface area contributed by atoms with Crippen molar-refractivity contribution in [3.8, 4) is 11.8 Å². The Bertz CT molecular complexity index is 890. The van der Waals surface area contributed by atoms with Gasteiger partial charge in [-0.3, -0.25) is 0 Å². The maximum absolute atomic E-state index is 9.19. The van der Waals surface area contributed by atoms with Gasteiger partial charge in [-0.2, -0.15) is 5.26 Å². The van der Waals surface area contributed by atoms with Crippen LogP contribution in [0.2, 0.25) is 0 Å². The average molecular weight is 355 g/mol. The highest BCUT2D eigenvalue weighted by Crippen LogP contribution is 2.30. The molecule has 3 nitrogen and oxygen atoms in total. The average Bonchev–Trinajstić information content (AvgIpc) is 2.82. The number of aromatic nitrogens is 1. The molecule has 0 amide bonds. The fourth-order valence-electron chi connectivity index (χ4n) is 2.67. The van der Waals surface area contributed by atoms with E-state index in [1.165, 1.54) is 0 Å². The second-order valence-corrected chi connectivity index (χ2v) is 6.07. The molecule has 0 N–H and O–H groups in total. The van der Waals surface area contributed by atoms with E-state index in [-0.39, 0.29) is 0 Å². The van der Waals surface area contributed by atoms with E-state index in [2.05, 4.69) is 44.9 Å². The fourth-order valence-corrected chi connectivity index (χ4v) is 3.23. The molecule has 1 aromatic heterocycles. The first-order valence-corrected chi connectivity index (χ1v) is 7.74. The lowest BCUT2D eigenvalue weighted by molar-refractivity contribution is 0.408. The molecule has 3 rings (SSSR count). The van der Waals surface area contributed by atoms with Gasteiger partial charge in [0, 0.05) is 27.1 Å². The van der Waals surface area contributed by atoms with E-state index in [9.17, 15) is 5.26 Å². The number of para-hydroxylation sites is 1. The number of rotatable bonds is 3. The summed E-state index contributed by atoms with van der Waals surface area (Å²) in [4.78, 5) is 0. The van der Waals surface area contributed by atoms with Crippen molar-refractivity contribution in [2.75, 3.05) is 7.11 Å². The molecule has 0 fully saturated rings. The molecule has 0 aliphatic heterocycles. The molecular formula is C18H15BrN2O. The normalized spacial score (nSPS) is 10.6. The lowest BCUT2D eigenvalue weighted by atomic mass is 10.1. The maximum Gasteiger partial charge on any atom is 0.123 e. The third-order valence-electron chi connectivity index (χ3n) is 3.83. The summed E-state index contributed by atoms with van der Waals surface area (Å²) in [6.45, 7) is 2.68. The highest BCUT2D eigenvalue weighted by molar-refractivity contribution is 9.10. The molecule has 22 heavy (non-hydrogen) atoms. The van der Waals surface area contributed by atoms with Crippen LogP contribution in [0.25, 0.3) is 10.9 Å². The first kappa shape index (κ1) is 14.7. The lowest BCUT2D eigenvalue weighted by Crippen LogP contribution is -2.00. The van der Waals surface area contributed by atoms with Gasteiger partial charge in [0.1, 0.15) is 5.75 Å². The Morgan fingerprint density at radius 3 is 2.77 bits per heavy atom. The summed E-state index contributed by atoms with van der Waals surface area (Å²) in [5.41, 5.74) is 3.93. The van der Waals surface area contributed by atoms with Crippen LogP contribution >= 0.6 is 15.9 Å². The Hall–Kier alpha value is -2.25. The maximum atomic E-state index is 9.19. The molecule has 0 unspecified atom stereocenters. The summed E-state index contributed by atoms with van der Waals surface area (Å²) >= 11 is 3.59. The fraction of sp³-hybridized carbons (Fsp3) is 0.167. The van der Waals surface area contributed by atoms with E-state index < -0.39 is 0 Å². The number of aryl methyl sites for hydroxylation is 1. The summed E-state index contributed by atoms with van der Waals surface area (Å²) in [7, 11) is 1.69. The van der Waals surface area contributed by atoms with Crippen LogP contribution in [-0.4, -0.2) is 11.7 Å². The summed E-state index contributed by atoms with van der Waals surface area (Å²) in [6, 6.07) is 14.3. The van der Waals surface area contributed by atoms with Gasteiger partial charge in [-0.15, -0.1) is 0 Å². The van der Waals surface area contributed by atoms with Gasteiger partial charge in [-0.1, -0.05) is 18.2 Å². The number of ether oxygens (including phenoxy) is 1. The van der Waals surface area contributed by atoms with Crippen molar-refractivity contribution >= 4 is 26.8 Å². The second kappa shape index (κ2) is 5.86. The van der Waals surface area contributed by atoms with Crippen molar-refractivity contribution < 1.29 is 4.74 Å². The van der Waals surface area contributed by atoms with Crippen molar-refractivity contribution in [2.24, 2.45) is 0 Å². The third kappa shape index (κ3) is 2.49. The van der Waals surface area contributed by atoms with Gasteiger partial charge in [-0.05, 0) is 46.6 Å². The molecule has 0 spiro atoms. The van der Waals surface area contributed by atoms with Crippen LogP contribution in [0, 0.1) is 18.3 Å². The summed E-state index contributed by atoms with van der Waals surface area (Å²) in [6.07, 6.45) is 2.05. The Morgan fingerprint density at radius 2 is 2.05 bits per heavy atom. The van der Waals surface area contributed by atoms with Crippen molar-refractivity contribution in [1.82, 2.24) is 4.57 Å². The number of fused-ring (bicyclic) bond motifs is 1. The SMILES string of the molecule is COc1ccccc1Cn1cc(Br)c2cc(C#N)c(C)cc21. The van der Waals surface area contributed by atoms with E-state index in [0.29, 0.717) is 5.56 Å². The van der Waals surface area contributed by atoms with Crippen LogP contribution in [0.3, 0.4) is 0 Å². The number of benzene rings is 2. The molecule has 0 saturated carbocycles. The molecule has 4 heteroatoms. The first-order valence-electron chi connectivity index (χ1n) is 6.95. The standard InChI is InChI=1S/C18H15BrN2O/c1-12-7-17-15(8-14(12)9-20)16(19)11-21(17)10-13-5-3-4-6-18(13)22-2/h3-8,11H,10H2,1-2H3. The van der Waals surface area contributed by atoms with E-state index >= 15 is 0 Å². The Morgan fingerprint density at radius 1 is 1.27 bits per heavy atom. The van der Waals surface area contributed by atoms with Gasteiger partial charge in [0.15, 0.2) is 0 Å². The Balaban J connectivity index is 2.12. The third-order valence-corrected chi connectivity index (χ3v) is 4.46. The monoisotopic (exact) mass is 354 g/mol. The summed E-state index contributed by atoms with van der Waals surface area (Å²) < 4.78 is 8.59. The summed E-state index contributed by atoms with van der Waals surface area (Å²) in [5, 5.41) is 10.2. The van der Waals surface area contributed by atoms with E-state index in [1.54, 1.807) is 7.11 Å². The molecule has 110 valence electrons. The van der Waals surface area contributed by atoms with Gasteiger partial charge in [0.25, 0.3) is 0 Å². The Labute approximate surface area is 137 Å². The largest absolute Gasteiger partial charge is 0.496 e. The molecule has 3 aromatic rings. The lowest BCUT2D eigenvalue weighted by Gasteiger charge is -2.10. The van der Waals surface area contributed by atoms with E-state index in [4.69, 9.17) is 4.74 Å². The highest BCUT2D eigenvalue weighted by atomic mass is 79.9. The smallest absolute Gasteiger partial charge is 0.123 e. The zero-order chi connectivity index (χ0) is 15.7. The van der Waals surface area contributed by atoms with Crippen LogP contribution < -0.4 is 4.74 Å². The van der Waals surface area contributed by atoms with Crippen molar-refractivity contribution in [3.63, 3.8) is 0 Å². The van der Waals surface area contributed by atoms with Gasteiger partial charge < -0.3 is 9.30 Å². The second-order valence-electron chi connectivity index (χ2n) is 5.21. The van der Waals surface area contributed by atoms with Crippen molar-refractivity contribution in [3.05, 3.63) is 63.8 Å². The van der Waals surface area contributed by atoms with E-state index in [1.807, 2.05) is 31.2 Å². The van der Waals surface area contributed by atoms with E-state index in [0.717, 1.165) is 38.8 Å². The predicted molar refractivity (Wildman–Crippen MR) is 91.2 cm³/mol. The van der Waals surface area contributed by atoms with Crippen LogP contribution in [0.1, 0.15) is 16.7 Å². The van der Waals surface area contributed by atoms with Gasteiger partial charge in [0.2, 0.25) is 0 Å². The first-order chi connectivity index (χ1) is 10.6. The number of nitrogens with zero attached hydrogens (tertiary/aromatic N) is 2. The molecule has 0 atom stereocenters. The van der Waals surface area contributed by atoms with Crippen molar-refractivity contribution in [2.45, 2.75) is 13.5 Å². The molecule has 0 saturated heterocycles. The number of methoxy groups -OCH3 is 1. The van der Waals surface area contributed by atoms with Gasteiger partial charge in [0.05, 0.1) is 25.3 Å². The van der Waals surface area contributed by atoms with Gasteiger partial charge in [-0.25, -0.2) is 0 Å². The van der Waals surface area contributed by atoms with Crippen LogP contribution in [0.15, 0.2) is 47.1 Å². The Kier molecular flexibility index (Phi) is 3.91. The number of nitriles is 1. The van der Waals surface area contributed by atoms with Crippen LogP contribution in [-0.2, 0) is 6.54 Å². The summed E-state index contributed by atoms with van der Waals surface area (Å²) in [5.74, 6) is 0.880. The molecule has 0 radical (unpaired) electrons. The van der Waals surface area contributed by atoms with Gasteiger partial charge >= 0.3 is 0 Å². The molecule has 0 bridgehead atoms. The zero-order valence-corrected chi connectivity index (χ0v) is 14.0. The molecule has 0 aliphatic carbocycles. The molecule has 2 aromatic carbocycles. The predicted octanol–water partition coefficient (Wildman–Crippen LogP) is 4.64. The van der Waals surface area contributed by atoms with Crippen LogP contribution in [0.5, 0.6) is 5.75 Å². The number of hydrogen-bond acceptors (Lipinski definition) is 2. The number of hydrogen-bond donors (Lipinski definition) is 0. The topological polar surface area (TPSA) is 38.0 Å². The zero-order valence-electron chi connectivity index (χ0n) is 12.4.